The fourth-order valence-electron chi connectivity index (χ4n) is 2.07. The Bertz CT molecular complexity index is 314. The van der Waals surface area contributed by atoms with Crippen molar-refractivity contribution in [1.29, 1.82) is 0 Å². The molecule has 2 rings (SSSR count). The molecule has 1 saturated heterocycles. The first kappa shape index (κ1) is 9.62. The molecule has 1 fully saturated rings. The zero-order chi connectivity index (χ0) is 9.97. The molecule has 1 aromatic carbocycles. The smallest absolute Gasteiger partial charge is 0.126 e. The molecular weight excluding hydrogens is 179 g/mol. The molecule has 0 radical (unpaired) electrons. The van der Waals surface area contributed by atoms with Gasteiger partial charge in [0.15, 0.2) is 0 Å². The van der Waals surface area contributed by atoms with Gasteiger partial charge in [0.05, 0.1) is 0 Å². The number of hydrazine groups is 1. The van der Waals surface area contributed by atoms with Crippen molar-refractivity contribution in [1.82, 2.24) is 5.01 Å². The van der Waals surface area contributed by atoms with E-state index in [4.69, 9.17) is 5.84 Å². The first-order valence-corrected chi connectivity index (χ1v) is 5.01. The van der Waals surface area contributed by atoms with Gasteiger partial charge in [0, 0.05) is 19.0 Å². The van der Waals surface area contributed by atoms with E-state index in [9.17, 15) is 4.39 Å². The normalized spacial score (nSPS) is 23.7. The maximum Gasteiger partial charge on any atom is 0.126 e. The van der Waals surface area contributed by atoms with E-state index < -0.39 is 0 Å². The summed E-state index contributed by atoms with van der Waals surface area (Å²) in [6, 6.07) is 6.99. The molecular formula is C11H15FN2. The fraction of sp³-hybridized carbons (Fsp3) is 0.455. The minimum absolute atomic E-state index is 0.104. The van der Waals surface area contributed by atoms with Gasteiger partial charge in [-0.2, -0.15) is 0 Å². The summed E-state index contributed by atoms with van der Waals surface area (Å²) in [5.74, 6) is 5.88. The van der Waals surface area contributed by atoms with E-state index in [1.54, 1.807) is 11.1 Å². The van der Waals surface area contributed by atoms with Gasteiger partial charge in [0.2, 0.25) is 0 Å². The summed E-state index contributed by atoms with van der Waals surface area (Å²) in [5.41, 5.74) is 0.808. The zero-order valence-corrected chi connectivity index (χ0v) is 8.12. The zero-order valence-electron chi connectivity index (χ0n) is 8.12. The second-order valence-electron chi connectivity index (χ2n) is 3.86. The summed E-state index contributed by atoms with van der Waals surface area (Å²) >= 11 is 0. The molecule has 1 aliphatic rings. The van der Waals surface area contributed by atoms with Crippen molar-refractivity contribution in [2.24, 2.45) is 5.84 Å². The average Bonchev–Trinajstić information content (AvgIpc) is 2.18. The van der Waals surface area contributed by atoms with E-state index in [-0.39, 0.29) is 11.7 Å². The molecule has 2 N–H and O–H groups in total. The van der Waals surface area contributed by atoms with Crippen molar-refractivity contribution in [3.8, 4) is 0 Å². The van der Waals surface area contributed by atoms with Crippen LogP contribution in [0.25, 0.3) is 0 Å². The molecule has 1 aromatic rings. The van der Waals surface area contributed by atoms with Gasteiger partial charge in [-0.05, 0) is 24.5 Å². The molecule has 1 heterocycles. The Kier molecular flexibility index (Phi) is 2.79. The van der Waals surface area contributed by atoms with Gasteiger partial charge in [0.25, 0.3) is 0 Å². The number of piperidine rings is 1. The fourth-order valence-corrected chi connectivity index (χ4v) is 2.07. The third-order valence-electron chi connectivity index (χ3n) is 2.80. The van der Waals surface area contributed by atoms with Crippen molar-refractivity contribution in [3.05, 3.63) is 35.6 Å². The van der Waals surface area contributed by atoms with Crippen LogP contribution in [0.1, 0.15) is 24.3 Å². The third kappa shape index (κ3) is 1.94. The summed E-state index contributed by atoms with van der Waals surface area (Å²) in [5, 5.41) is 1.78. The highest BCUT2D eigenvalue weighted by Crippen LogP contribution is 2.27. The van der Waals surface area contributed by atoms with Crippen LogP contribution in [0.15, 0.2) is 24.3 Å². The van der Waals surface area contributed by atoms with Crippen molar-refractivity contribution in [3.63, 3.8) is 0 Å². The highest BCUT2D eigenvalue weighted by atomic mass is 19.1. The lowest BCUT2D eigenvalue weighted by Gasteiger charge is -2.29. The second-order valence-corrected chi connectivity index (χ2v) is 3.86. The third-order valence-corrected chi connectivity index (χ3v) is 2.80. The molecule has 0 aliphatic carbocycles. The van der Waals surface area contributed by atoms with Crippen LogP contribution < -0.4 is 5.84 Å². The Hall–Kier alpha value is -0.930. The van der Waals surface area contributed by atoms with Crippen molar-refractivity contribution >= 4 is 0 Å². The minimum Gasteiger partial charge on any atom is -0.269 e. The highest BCUT2D eigenvalue weighted by molar-refractivity contribution is 5.22. The summed E-state index contributed by atoms with van der Waals surface area (Å²) in [6.07, 6.45) is 2.09. The lowest BCUT2D eigenvalue weighted by Crippen LogP contribution is -2.39. The minimum atomic E-state index is -0.104. The first-order chi connectivity index (χ1) is 6.77. The molecule has 0 spiro atoms. The van der Waals surface area contributed by atoms with E-state index in [0.29, 0.717) is 0 Å². The molecule has 76 valence electrons. The van der Waals surface area contributed by atoms with Gasteiger partial charge in [-0.1, -0.05) is 18.2 Å². The quantitative estimate of drug-likeness (QED) is 0.692. The second kappa shape index (κ2) is 4.07. The van der Waals surface area contributed by atoms with Crippen LogP contribution in [0.2, 0.25) is 0 Å². The van der Waals surface area contributed by atoms with Crippen LogP contribution in [0.5, 0.6) is 0 Å². The number of rotatable bonds is 1. The van der Waals surface area contributed by atoms with E-state index in [1.165, 1.54) is 6.07 Å². The molecule has 3 heteroatoms. The Morgan fingerprint density at radius 2 is 2.14 bits per heavy atom. The number of nitrogens with two attached hydrogens (primary N) is 1. The molecule has 0 saturated carbocycles. The Balaban J connectivity index is 2.18. The van der Waals surface area contributed by atoms with E-state index in [2.05, 4.69) is 0 Å². The predicted octanol–water partition coefficient (Wildman–Crippen LogP) is 1.88. The summed E-state index contributed by atoms with van der Waals surface area (Å²) in [7, 11) is 0. The van der Waals surface area contributed by atoms with Gasteiger partial charge in [0.1, 0.15) is 5.82 Å². The van der Waals surface area contributed by atoms with Crippen LogP contribution in [0.4, 0.5) is 4.39 Å². The van der Waals surface area contributed by atoms with Gasteiger partial charge in [-0.3, -0.25) is 5.84 Å². The van der Waals surface area contributed by atoms with Crippen molar-refractivity contribution in [2.75, 3.05) is 13.1 Å². The van der Waals surface area contributed by atoms with Crippen LogP contribution in [-0.4, -0.2) is 18.1 Å². The SMILES string of the molecule is NN1CCCC(c2ccccc2F)C1. The summed E-state index contributed by atoms with van der Waals surface area (Å²) in [6.45, 7) is 1.69. The van der Waals surface area contributed by atoms with E-state index in [1.807, 2.05) is 12.1 Å². The summed E-state index contributed by atoms with van der Waals surface area (Å²) < 4.78 is 13.4. The number of nitrogens with zero attached hydrogens (tertiary/aromatic N) is 1. The lowest BCUT2D eigenvalue weighted by molar-refractivity contribution is 0.211. The van der Waals surface area contributed by atoms with Crippen LogP contribution >= 0.6 is 0 Å². The van der Waals surface area contributed by atoms with Gasteiger partial charge < -0.3 is 0 Å². The number of halogens is 1. The Morgan fingerprint density at radius 3 is 2.86 bits per heavy atom. The molecule has 1 aliphatic heterocycles. The van der Waals surface area contributed by atoms with E-state index >= 15 is 0 Å². The molecule has 0 amide bonds. The molecule has 14 heavy (non-hydrogen) atoms. The van der Waals surface area contributed by atoms with Crippen LogP contribution in [0, 0.1) is 5.82 Å². The maximum absolute atomic E-state index is 13.4. The van der Waals surface area contributed by atoms with Crippen molar-refractivity contribution < 1.29 is 4.39 Å². The summed E-state index contributed by atoms with van der Waals surface area (Å²) in [4.78, 5) is 0. The molecule has 1 unspecified atom stereocenters. The first-order valence-electron chi connectivity index (χ1n) is 5.01. The van der Waals surface area contributed by atoms with Gasteiger partial charge in [-0.15, -0.1) is 0 Å². The van der Waals surface area contributed by atoms with Crippen molar-refractivity contribution in [2.45, 2.75) is 18.8 Å². The topological polar surface area (TPSA) is 29.3 Å². The molecule has 1 atom stereocenters. The van der Waals surface area contributed by atoms with Gasteiger partial charge in [-0.25, -0.2) is 9.40 Å². The van der Waals surface area contributed by atoms with E-state index in [0.717, 1.165) is 31.5 Å². The Morgan fingerprint density at radius 1 is 1.36 bits per heavy atom. The molecule has 0 aromatic heterocycles. The van der Waals surface area contributed by atoms with Gasteiger partial charge >= 0.3 is 0 Å². The molecule has 0 bridgehead atoms. The average molecular weight is 194 g/mol. The molecule has 2 nitrogen and oxygen atoms in total. The monoisotopic (exact) mass is 194 g/mol. The lowest BCUT2D eigenvalue weighted by atomic mass is 9.91. The van der Waals surface area contributed by atoms with Crippen LogP contribution in [0.3, 0.4) is 0 Å². The Labute approximate surface area is 83.5 Å². The largest absolute Gasteiger partial charge is 0.269 e. The highest BCUT2D eigenvalue weighted by Gasteiger charge is 2.21. The predicted molar refractivity (Wildman–Crippen MR) is 54.1 cm³/mol. The number of benzene rings is 1. The number of hydrogen-bond donors (Lipinski definition) is 1. The van der Waals surface area contributed by atoms with Crippen LogP contribution in [-0.2, 0) is 0 Å². The maximum atomic E-state index is 13.4. The standard InChI is InChI=1S/C11H15FN2/c12-11-6-2-1-5-10(11)9-4-3-7-14(13)8-9/h1-2,5-6,9H,3-4,7-8,13H2. The number of hydrogen-bond acceptors (Lipinski definition) is 2.